The van der Waals surface area contributed by atoms with Gasteiger partial charge in [-0.25, -0.2) is 14.2 Å². The van der Waals surface area contributed by atoms with Crippen molar-refractivity contribution >= 4 is 17.9 Å². The molecule has 0 atom stereocenters. The second-order valence-corrected chi connectivity index (χ2v) is 8.17. The Labute approximate surface area is 186 Å². The summed E-state index contributed by atoms with van der Waals surface area (Å²) < 4.78 is 15.1. The first kappa shape index (κ1) is 21.5. The first-order valence-corrected chi connectivity index (χ1v) is 10.7. The molecule has 0 spiro atoms. The van der Waals surface area contributed by atoms with Crippen LogP contribution in [0.3, 0.4) is 0 Å². The molecule has 1 aliphatic carbocycles. The van der Waals surface area contributed by atoms with E-state index in [-0.39, 0.29) is 36.4 Å². The fourth-order valence-corrected chi connectivity index (χ4v) is 3.42. The molecule has 0 bridgehead atoms. The van der Waals surface area contributed by atoms with Gasteiger partial charge in [-0.2, -0.15) is 0 Å². The van der Waals surface area contributed by atoms with Crippen LogP contribution in [0, 0.1) is 5.82 Å². The lowest BCUT2D eigenvalue weighted by atomic mass is 10.2. The molecular weight excluding hydrogens is 409 g/mol. The molecule has 0 radical (unpaired) electrons. The molecule has 1 saturated carbocycles. The third-order valence-corrected chi connectivity index (χ3v) is 5.11. The van der Waals surface area contributed by atoms with Crippen LogP contribution >= 0.6 is 0 Å². The van der Waals surface area contributed by atoms with Gasteiger partial charge in [0.1, 0.15) is 12.4 Å². The summed E-state index contributed by atoms with van der Waals surface area (Å²) in [5, 5.41) is 5.68. The summed E-state index contributed by atoms with van der Waals surface area (Å²) in [5.41, 5.74) is 2.22. The lowest BCUT2D eigenvalue weighted by Gasteiger charge is -2.23. The molecule has 2 N–H and O–H groups in total. The number of amides is 3. The number of rotatable bonds is 7. The minimum atomic E-state index is -0.348. The van der Waals surface area contributed by atoms with Gasteiger partial charge >= 0.3 is 6.03 Å². The zero-order chi connectivity index (χ0) is 22.7. The second-order valence-electron chi connectivity index (χ2n) is 8.17. The maximum Gasteiger partial charge on any atom is 0.318 e. The Balaban J connectivity index is 1.58. The van der Waals surface area contributed by atoms with E-state index in [4.69, 9.17) is 0 Å². The number of urea groups is 1. The van der Waals surface area contributed by atoms with Crippen LogP contribution in [0.1, 0.15) is 26.7 Å². The van der Waals surface area contributed by atoms with E-state index < -0.39 is 0 Å². The lowest BCUT2D eigenvalue weighted by Crippen LogP contribution is -2.47. The van der Waals surface area contributed by atoms with Crippen LogP contribution in [0.5, 0.6) is 0 Å². The van der Waals surface area contributed by atoms with Gasteiger partial charge in [-0.1, -0.05) is 30.3 Å². The number of carbonyl (C=O) groups is 2. The Hall–Kier alpha value is -3.68. The van der Waals surface area contributed by atoms with Gasteiger partial charge in [-0.05, 0) is 51.0 Å². The number of hydrogen-bond donors (Lipinski definition) is 2. The molecule has 1 aliphatic rings. The van der Waals surface area contributed by atoms with E-state index in [1.54, 1.807) is 27.8 Å². The first-order valence-electron chi connectivity index (χ1n) is 10.7. The van der Waals surface area contributed by atoms with E-state index in [1.807, 2.05) is 44.2 Å². The van der Waals surface area contributed by atoms with Crippen LogP contribution in [0.25, 0.3) is 16.9 Å². The Morgan fingerprint density at radius 2 is 1.81 bits per heavy atom. The van der Waals surface area contributed by atoms with Gasteiger partial charge in [0.2, 0.25) is 11.9 Å². The molecule has 0 aliphatic heterocycles. The molecule has 2 aromatic carbocycles. The summed E-state index contributed by atoms with van der Waals surface area (Å²) in [6.07, 6.45) is 3.57. The summed E-state index contributed by atoms with van der Waals surface area (Å²) in [4.78, 5) is 31.6. The van der Waals surface area contributed by atoms with Crippen molar-refractivity contribution < 1.29 is 14.0 Å². The van der Waals surface area contributed by atoms with E-state index in [0.29, 0.717) is 17.3 Å². The van der Waals surface area contributed by atoms with Crippen LogP contribution in [-0.2, 0) is 4.79 Å². The van der Waals surface area contributed by atoms with Crippen molar-refractivity contribution in [3.8, 4) is 16.9 Å². The molecule has 32 heavy (non-hydrogen) atoms. The minimum Gasteiger partial charge on any atom is -0.336 e. The summed E-state index contributed by atoms with van der Waals surface area (Å²) >= 11 is 0. The van der Waals surface area contributed by atoms with Crippen molar-refractivity contribution in [2.24, 2.45) is 0 Å². The van der Waals surface area contributed by atoms with Crippen molar-refractivity contribution in [3.05, 3.63) is 66.6 Å². The van der Waals surface area contributed by atoms with Crippen LogP contribution in [-0.4, -0.2) is 45.0 Å². The zero-order valence-corrected chi connectivity index (χ0v) is 18.1. The van der Waals surface area contributed by atoms with Crippen LogP contribution in [0.2, 0.25) is 0 Å². The standard InChI is InChI=1S/C24H26FN5O2/c1-16(2)26-24(32)30(20-12-13-20)15-22(31)28-23-27-21(17-6-4-3-5-7-17)14-29(23)19-10-8-18(25)9-11-19/h3-11,14,16,20H,12-13,15H2,1-2H3,(H,26,32)(H,27,28,31). The number of nitrogens with one attached hydrogen (secondary N) is 2. The molecule has 1 heterocycles. The van der Waals surface area contributed by atoms with E-state index in [9.17, 15) is 14.0 Å². The third-order valence-electron chi connectivity index (χ3n) is 5.11. The van der Waals surface area contributed by atoms with Gasteiger partial charge in [0, 0.05) is 29.5 Å². The molecule has 1 aromatic heterocycles. The van der Waals surface area contributed by atoms with E-state index in [0.717, 1.165) is 18.4 Å². The molecule has 0 unspecified atom stereocenters. The Morgan fingerprint density at radius 3 is 2.44 bits per heavy atom. The highest BCUT2D eigenvalue weighted by Gasteiger charge is 2.34. The lowest BCUT2D eigenvalue weighted by molar-refractivity contribution is -0.117. The Morgan fingerprint density at radius 1 is 1.12 bits per heavy atom. The topological polar surface area (TPSA) is 79.3 Å². The molecule has 0 saturated heterocycles. The number of nitrogens with zero attached hydrogens (tertiary/aromatic N) is 3. The molecule has 3 aromatic rings. The van der Waals surface area contributed by atoms with Gasteiger partial charge in [0.15, 0.2) is 0 Å². The maximum absolute atomic E-state index is 13.4. The number of hydrogen-bond acceptors (Lipinski definition) is 3. The number of carbonyl (C=O) groups excluding carboxylic acids is 2. The van der Waals surface area contributed by atoms with Crippen molar-refractivity contribution in [3.63, 3.8) is 0 Å². The molecule has 8 heteroatoms. The maximum atomic E-state index is 13.4. The molecule has 166 valence electrons. The summed E-state index contributed by atoms with van der Waals surface area (Å²) in [6, 6.07) is 15.3. The Bertz CT molecular complexity index is 1090. The minimum absolute atomic E-state index is 0.0161. The average molecular weight is 436 g/mol. The van der Waals surface area contributed by atoms with Gasteiger partial charge in [-0.3, -0.25) is 14.7 Å². The fourth-order valence-electron chi connectivity index (χ4n) is 3.42. The van der Waals surface area contributed by atoms with Crippen LogP contribution < -0.4 is 10.6 Å². The van der Waals surface area contributed by atoms with E-state index >= 15 is 0 Å². The number of halogens is 1. The average Bonchev–Trinajstić information content (AvgIpc) is 3.53. The van der Waals surface area contributed by atoms with Crippen LogP contribution in [0.15, 0.2) is 60.8 Å². The van der Waals surface area contributed by atoms with E-state index in [1.165, 1.54) is 12.1 Å². The Kier molecular flexibility index (Phi) is 6.20. The summed E-state index contributed by atoms with van der Waals surface area (Å²) in [5.74, 6) is -0.385. The predicted molar refractivity (Wildman–Crippen MR) is 121 cm³/mol. The molecule has 4 rings (SSSR count). The second kappa shape index (κ2) is 9.21. The molecule has 1 fully saturated rings. The number of anilines is 1. The monoisotopic (exact) mass is 435 g/mol. The van der Waals surface area contributed by atoms with Crippen molar-refractivity contribution in [2.45, 2.75) is 38.8 Å². The van der Waals surface area contributed by atoms with Gasteiger partial charge in [0.25, 0.3) is 0 Å². The molecule has 3 amide bonds. The van der Waals surface area contributed by atoms with Gasteiger partial charge < -0.3 is 10.2 Å². The highest BCUT2D eigenvalue weighted by atomic mass is 19.1. The fraction of sp³-hybridized carbons (Fsp3) is 0.292. The number of benzene rings is 2. The predicted octanol–water partition coefficient (Wildman–Crippen LogP) is 4.20. The van der Waals surface area contributed by atoms with Gasteiger partial charge in [-0.15, -0.1) is 0 Å². The van der Waals surface area contributed by atoms with E-state index in [2.05, 4.69) is 15.6 Å². The van der Waals surface area contributed by atoms with Gasteiger partial charge in [0.05, 0.1) is 5.69 Å². The van der Waals surface area contributed by atoms with Crippen molar-refractivity contribution in [1.29, 1.82) is 0 Å². The first-order chi connectivity index (χ1) is 15.4. The van der Waals surface area contributed by atoms with Crippen molar-refractivity contribution in [1.82, 2.24) is 19.8 Å². The highest BCUT2D eigenvalue weighted by Crippen LogP contribution is 2.27. The number of imidazole rings is 1. The summed E-state index contributed by atoms with van der Waals surface area (Å²) in [7, 11) is 0. The quantitative estimate of drug-likeness (QED) is 0.584. The normalized spacial score (nSPS) is 13.1. The van der Waals surface area contributed by atoms with Crippen molar-refractivity contribution in [2.75, 3.05) is 11.9 Å². The molecule has 7 nitrogen and oxygen atoms in total. The SMILES string of the molecule is CC(C)NC(=O)N(CC(=O)Nc1nc(-c2ccccc2)cn1-c1ccc(F)cc1)C1CC1. The summed E-state index contributed by atoms with van der Waals surface area (Å²) in [6.45, 7) is 3.70. The highest BCUT2D eigenvalue weighted by molar-refractivity contribution is 5.93. The molecular formula is C24H26FN5O2. The number of aromatic nitrogens is 2. The smallest absolute Gasteiger partial charge is 0.318 e. The largest absolute Gasteiger partial charge is 0.336 e. The zero-order valence-electron chi connectivity index (χ0n) is 18.1. The van der Waals surface area contributed by atoms with Crippen LogP contribution in [0.4, 0.5) is 15.1 Å². The third kappa shape index (κ3) is 5.14.